The van der Waals surface area contributed by atoms with E-state index in [0.717, 1.165) is 39.0 Å². The first-order valence-corrected chi connectivity index (χ1v) is 18.4. The van der Waals surface area contributed by atoms with E-state index in [1.54, 1.807) is 0 Å². The molecular formula is C51H35NO. The molecule has 2 heteroatoms. The van der Waals surface area contributed by atoms with E-state index in [-0.39, 0.29) is 5.41 Å². The van der Waals surface area contributed by atoms with Crippen molar-refractivity contribution in [2.45, 2.75) is 19.3 Å². The van der Waals surface area contributed by atoms with Crippen LogP contribution in [0.4, 0.5) is 17.1 Å². The van der Waals surface area contributed by atoms with Crippen molar-refractivity contribution >= 4 is 71.3 Å². The zero-order chi connectivity index (χ0) is 35.3. The summed E-state index contributed by atoms with van der Waals surface area (Å²) in [6.45, 7) is 4.68. The second-order valence-electron chi connectivity index (χ2n) is 14.9. The van der Waals surface area contributed by atoms with Crippen molar-refractivity contribution in [3.63, 3.8) is 0 Å². The average molecular weight is 678 g/mol. The van der Waals surface area contributed by atoms with Gasteiger partial charge in [0.15, 0.2) is 0 Å². The second kappa shape index (κ2) is 11.2. The number of furan rings is 1. The molecule has 0 atom stereocenters. The highest BCUT2D eigenvalue weighted by Crippen LogP contribution is 2.51. The van der Waals surface area contributed by atoms with Gasteiger partial charge in [0.2, 0.25) is 0 Å². The number of para-hydroxylation sites is 1. The number of hydrogen-bond acceptors (Lipinski definition) is 2. The van der Waals surface area contributed by atoms with Gasteiger partial charge in [-0.1, -0.05) is 135 Å². The van der Waals surface area contributed by atoms with Crippen LogP contribution in [0, 0.1) is 0 Å². The van der Waals surface area contributed by atoms with Crippen LogP contribution < -0.4 is 4.90 Å². The number of benzene rings is 9. The molecule has 0 fully saturated rings. The predicted molar refractivity (Wildman–Crippen MR) is 224 cm³/mol. The van der Waals surface area contributed by atoms with Crippen molar-refractivity contribution in [2.24, 2.45) is 0 Å². The Bertz CT molecular complexity index is 3090. The van der Waals surface area contributed by atoms with Crippen molar-refractivity contribution < 1.29 is 4.42 Å². The van der Waals surface area contributed by atoms with Crippen LogP contribution >= 0.6 is 0 Å². The molecule has 1 aliphatic rings. The Morgan fingerprint density at radius 3 is 1.91 bits per heavy atom. The molecule has 11 rings (SSSR count). The molecule has 9 aromatic carbocycles. The molecule has 250 valence electrons. The number of anilines is 3. The maximum Gasteiger partial charge on any atom is 0.135 e. The summed E-state index contributed by atoms with van der Waals surface area (Å²) < 4.78 is 6.26. The van der Waals surface area contributed by atoms with Gasteiger partial charge < -0.3 is 9.32 Å². The van der Waals surface area contributed by atoms with Crippen LogP contribution in [0.15, 0.2) is 180 Å². The summed E-state index contributed by atoms with van der Waals surface area (Å²) in [4.78, 5) is 2.40. The van der Waals surface area contributed by atoms with Crippen molar-refractivity contribution in [3.05, 3.63) is 187 Å². The zero-order valence-electron chi connectivity index (χ0n) is 29.6. The summed E-state index contributed by atoms with van der Waals surface area (Å²) in [6.07, 6.45) is 0. The number of rotatable bonds is 4. The zero-order valence-corrected chi connectivity index (χ0v) is 29.6. The molecule has 1 aromatic heterocycles. The Labute approximate surface area is 308 Å². The van der Waals surface area contributed by atoms with Crippen molar-refractivity contribution in [1.82, 2.24) is 0 Å². The summed E-state index contributed by atoms with van der Waals surface area (Å²) in [5, 5.41) is 9.87. The molecule has 53 heavy (non-hydrogen) atoms. The lowest BCUT2D eigenvalue weighted by Crippen LogP contribution is -2.15. The third-order valence-electron chi connectivity index (χ3n) is 11.6. The van der Waals surface area contributed by atoms with E-state index in [9.17, 15) is 0 Å². The normalized spacial score (nSPS) is 13.2. The minimum absolute atomic E-state index is 0.0572. The summed E-state index contributed by atoms with van der Waals surface area (Å²) in [5.74, 6) is 0. The van der Waals surface area contributed by atoms with E-state index >= 15 is 0 Å². The lowest BCUT2D eigenvalue weighted by Gasteiger charge is -2.27. The third kappa shape index (κ3) is 4.45. The maximum atomic E-state index is 6.26. The van der Waals surface area contributed by atoms with Crippen molar-refractivity contribution in [2.75, 3.05) is 4.90 Å². The topological polar surface area (TPSA) is 16.4 Å². The Kier molecular flexibility index (Phi) is 6.33. The molecule has 0 spiro atoms. The van der Waals surface area contributed by atoms with Gasteiger partial charge in [0, 0.05) is 33.2 Å². The fourth-order valence-electron chi connectivity index (χ4n) is 9.05. The average Bonchev–Trinajstić information content (AvgIpc) is 3.69. The molecule has 2 nitrogen and oxygen atoms in total. The van der Waals surface area contributed by atoms with Gasteiger partial charge in [0.25, 0.3) is 0 Å². The lowest BCUT2D eigenvalue weighted by atomic mass is 9.82. The smallest absolute Gasteiger partial charge is 0.135 e. The van der Waals surface area contributed by atoms with Crippen molar-refractivity contribution in [1.29, 1.82) is 0 Å². The van der Waals surface area contributed by atoms with E-state index < -0.39 is 0 Å². The predicted octanol–water partition coefficient (Wildman–Crippen LogP) is 14.5. The number of fused-ring (bicyclic) bond motifs is 11. The van der Waals surface area contributed by atoms with Crippen LogP contribution in [0.5, 0.6) is 0 Å². The van der Waals surface area contributed by atoms with E-state index in [4.69, 9.17) is 4.42 Å². The molecule has 0 unspecified atom stereocenters. The SMILES string of the molecule is CC1(C)c2ccccc2-c2cc(N(c3ccc(-c4cc5ccccc5c5ccc6ccccc6c45)cc3)c3ccc4oc5ccccc5c4c3)ccc21. The standard InChI is InChI=1S/C51H35NO/c1-51(2)46-17-9-7-15-40(46)44-30-36(24-27-47(44)51)52(37-25-28-49-45(31-37)41-16-8-10-18-48(41)53-49)35-22-19-33(20-23-35)43-29-34-12-4-5-13-38(34)42-26-21-32-11-3-6-14-39(32)50(42)43/h3-31H,1-2H3. The van der Waals surface area contributed by atoms with Gasteiger partial charge in [0.1, 0.15) is 11.2 Å². The molecule has 0 saturated heterocycles. The van der Waals surface area contributed by atoms with Gasteiger partial charge in [0.05, 0.1) is 0 Å². The first kappa shape index (κ1) is 30.0. The quantitative estimate of drug-likeness (QED) is 0.172. The summed E-state index contributed by atoms with van der Waals surface area (Å²) in [6, 6.07) is 64.4. The van der Waals surface area contributed by atoms with Gasteiger partial charge in [-0.15, -0.1) is 0 Å². The van der Waals surface area contributed by atoms with Crippen LogP contribution in [-0.4, -0.2) is 0 Å². The number of nitrogens with zero attached hydrogens (tertiary/aromatic N) is 1. The van der Waals surface area contributed by atoms with Gasteiger partial charge in [-0.25, -0.2) is 0 Å². The van der Waals surface area contributed by atoms with E-state index in [1.807, 2.05) is 12.1 Å². The molecule has 1 aliphatic carbocycles. The minimum atomic E-state index is -0.0572. The Balaban J connectivity index is 1.12. The Morgan fingerprint density at radius 2 is 1.04 bits per heavy atom. The van der Waals surface area contributed by atoms with Crippen LogP contribution in [-0.2, 0) is 5.41 Å². The first-order valence-electron chi connectivity index (χ1n) is 18.4. The van der Waals surface area contributed by atoms with Gasteiger partial charge in [-0.3, -0.25) is 0 Å². The van der Waals surface area contributed by atoms with E-state index in [1.165, 1.54) is 65.7 Å². The molecule has 0 saturated carbocycles. The van der Waals surface area contributed by atoms with Gasteiger partial charge in [-0.05, 0) is 120 Å². The van der Waals surface area contributed by atoms with Crippen LogP contribution in [0.3, 0.4) is 0 Å². The van der Waals surface area contributed by atoms with Crippen LogP contribution in [0.1, 0.15) is 25.0 Å². The summed E-state index contributed by atoms with van der Waals surface area (Å²) in [5.41, 5.74) is 12.9. The summed E-state index contributed by atoms with van der Waals surface area (Å²) >= 11 is 0. The Morgan fingerprint density at radius 1 is 0.396 bits per heavy atom. The highest BCUT2D eigenvalue weighted by atomic mass is 16.3. The van der Waals surface area contributed by atoms with E-state index in [2.05, 4.69) is 183 Å². The highest BCUT2D eigenvalue weighted by molar-refractivity contribution is 6.23. The number of hydrogen-bond donors (Lipinski definition) is 0. The molecule has 0 aliphatic heterocycles. The van der Waals surface area contributed by atoms with E-state index in [0.29, 0.717) is 0 Å². The Hall–Kier alpha value is -6.64. The monoisotopic (exact) mass is 677 g/mol. The van der Waals surface area contributed by atoms with Crippen LogP contribution in [0.25, 0.3) is 76.5 Å². The molecule has 0 amide bonds. The molecule has 10 aromatic rings. The fraction of sp³-hybridized carbons (Fsp3) is 0.0588. The van der Waals surface area contributed by atoms with Gasteiger partial charge in [-0.2, -0.15) is 0 Å². The van der Waals surface area contributed by atoms with Crippen molar-refractivity contribution in [3.8, 4) is 22.3 Å². The largest absolute Gasteiger partial charge is 0.456 e. The molecule has 0 bridgehead atoms. The van der Waals surface area contributed by atoms with Crippen LogP contribution in [0.2, 0.25) is 0 Å². The molecule has 0 radical (unpaired) electrons. The highest BCUT2D eigenvalue weighted by Gasteiger charge is 2.35. The molecular weight excluding hydrogens is 643 g/mol. The first-order chi connectivity index (χ1) is 26.0. The summed E-state index contributed by atoms with van der Waals surface area (Å²) in [7, 11) is 0. The third-order valence-corrected chi connectivity index (χ3v) is 11.6. The van der Waals surface area contributed by atoms with Gasteiger partial charge >= 0.3 is 0 Å². The lowest BCUT2D eigenvalue weighted by molar-refractivity contribution is 0.660. The second-order valence-corrected chi connectivity index (χ2v) is 14.9. The fourth-order valence-corrected chi connectivity index (χ4v) is 9.05. The molecule has 0 N–H and O–H groups in total. The maximum absolute atomic E-state index is 6.26. The molecule has 1 heterocycles. The minimum Gasteiger partial charge on any atom is -0.456 e.